The minimum absolute atomic E-state index is 0.0278. The Labute approximate surface area is 295 Å². The van der Waals surface area contributed by atoms with Crippen molar-refractivity contribution >= 4 is 5.91 Å². The molecule has 1 unspecified atom stereocenters. The molecule has 0 spiro atoms. The third-order valence-electron chi connectivity index (χ3n) is 10.7. The largest absolute Gasteiger partial charge is 0.394 e. The van der Waals surface area contributed by atoms with E-state index in [9.17, 15) is 15.0 Å². The van der Waals surface area contributed by atoms with Crippen molar-refractivity contribution in [1.29, 1.82) is 0 Å². The van der Waals surface area contributed by atoms with Crippen LogP contribution in [0.3, 0.4) is 0 Å². The maximum atomic E-state index is 12.4. The van der Waals surface area contributed by atoms with E-state index in [1.165, 1.54) is 186 Å². The molecule has 0 fully saturated rings. The lowest BCUT2D eigenvalue weighted by molar-refractivity contribution is -0.123. The number of aliphatic hydroxyl groups excluding tert-OH is 2. The van der Waals surface area contributed by atoms with Crippen molar-refractivity contribution in [2.45, 2.75) is 258 Å². The standard InChI is InChI=1S/C43H87NO3/c1-4-6-7-8-9-10-11-12-13-14-15-16-17-18-19-20-21-22-23-24-29-32-35-38-43(47)44-41(39-45)42(46)37-34-31-28-26-25-27-30-33-36-40(3)5-2/h40-42,45-46H,4-39H2,1-3H3,(H,44,47)/t40?,41-,42+/m0/s1. The van der Waals surface area contributed by atoms with Crippen molar-refractivity contribution in [3.8, 4) is 0 Å². The molecule has 4 heteroatoms. The summed E-state index contributed by atoms with van der Waals surface area (Å²) in [6, 6.07) is -0.530. The molecule has 0 aliphatic heterocycles. The second-order valence-electron chi connectivity index (χ2n) is 15.4. The highest BCUT2D eigenvalue weighted by atomic mass is 16.3. The van der Waals surface area contributed by atoms with Gasteiger partial charge in [0.25, 0.3) is 0 Å². The first kappa shape index (κ1) is 46.4. The van der Waals surface area contributed by atoms with Gasteiger partial charge in [0.05, 0.1) is 18.8 Å². The average molecular weight is 666 g/mol. The van der Waals surface area contributed by atoms with Gasteiger partial charge in [0, 0.05) is 6.42 Å². The van der Waals surface area contributed by atoms with Crippen LogP contribution in [0, 0.1) is 5.92 Å². The van der Waals surface area contributed by atoms with E-state index in [2.05, 4.69) is 26.1 Å². The van der Waals surface area contributed by atoms with Crippen LogP contribution in [-0.4, -0.2) is 34.9 Å². The summed E-state index contributed by atoms with van der Waals surface area (Å²) in [7, 11) is 0. The predicted molar refractivity (Wildman–Crippen MR) is 207 cm³/mol. The van der Waals surface area contributed by atoms with Gasteiger partial charge in [-0.25, -0.2) is 0 Å². The van der Waals surface area contributed by atoms with Crippen LogP contribution in [0.25, 0.3) is 0 Å². The molecule has 0 aromatic heterocycles. The lowest BCUT2D eigenvalue weighted by atomic mass is 9.99. The molecule has 0 heterocycles. The Hall–Kier alpha value is -0.610. The Morgan fingerprint density at radius 1 is 0.489 bits per heavy atom. The van der Waals surface area contributed by atoms with Crippen LogP contribution in [0.1, 0.15) is 245 Å². The van der Waals surface area contributed by atoms with E-state index in [4.69, 9.17) is 0 Å². The van der Waals surface area contributed by atoms with Crippen LogP contribution < -0.4 is 5.32 Å². The summed E-state index contributed by atoms with van der Waals surface area (Å²) < 4.78 is 0. The fraction of sp³-hybridized carbons (Fsp3) is 0.977. The van der Waals surface area contributed by atoms with Crippen molar-refractivity contribution in [3.05, 3.63) is 0 Å². The smallest absolute Gasteiger partial charge is 0.220 e. The summed E-state index contributed by atoms with van der Waals surface area (Å²) in [5, 5.41) is 23.1. The Morgan fingerprint density at radius 2 is 0.809 bits per heavy atom. The Balaban J connectivity index is 3.44. The molecule has 0 saturated heterocycles. The van der Waals surface area contributed by atoms with Crippen LogP contribution in [0.15, 0.2) is 0 Å². The number of unbranched alkanes of at least 4 members (excludes halogenated alkanes) is 29. The summed E-state index contributed by atoms with van der Waals surface area (Å²) in [6.45, 7) is 6.74. The fourth-order valence-electron chi connectivity index (χ4n) is 6.93. The molecule has 0 aromatic rings. The highest BCUT2D eigenvalue weighted by molar-refractivity contribution is 5.76. The predicted octanol–water partition coefficient (Wildman–Crippen LogP) is 13.2. The van der Waals surface area contributed by atoms with Gasteiger partial charge >= 0.3 is 0 Å². The van der Waals surface area contributed by atoms with Crippen LogP contribution in [0.4, 0.5) is 0 Å². The van der Waals surface area contributed by atoms with Crippen molar-refractivity contribution in [1.82, 2.24) is 5.32 Å². The molecule has 0 radical (unpaired) electrons. The summed E-state index contributed by atoms with van der Waals surface area (Å²) in [5.41, 5.74) is 0. The highest BCUT2D eigenvalue weighted by Crippen LogP contribution is 2.17. The van der Waals surface area contributed by atoms with E-state index in [1.807, 2.05) is 0 Å². The van der Waals surface area contributed by atoms with Gasteiger partial charge < -0.3 is 15.5 Å². The molecule has 0 rings (SSSR count). The summed E-state index contributed by atoms with van der Waals surface area (Å²) in [5.74, 6) is 0.844. The number of aliphatic hydroxyl groups is 2. The first-order valence-electron chi connectivity index (χ1n) is 21.6. The van der Waals surface area contributed by atoms with Crippen LogP contribution in [0.2, 0.25) is 0 Å². The van der Waals surface area contributed by atoms with Gasteiger partial charge in [-0.05, 0) is 18.8 Å². The van der Waals surface area contributed by atoms with Gasteiger partial charge in [-0.2, -0.15) is 0 Å². The molecule has 47 heavy (non-hydrogen) atoms. The lowest BCUT2D eigenvalue weighted by Gasteiger charge is -2.22. The molecule has 3 N–H and O–H groups in total. The topological polar surface area (TPSA) is 69.6 Å². The molecular formula is C43H87NO3. The van der Waals surface area contributed by atoms with E-state index in [1.54, 1.807) is 0 Å². The molecule has 4 nitrogen and oxygen atoms in total. The molecule has 0 aliphatic carbocycles. The Kier molecular flexibility index (Phi) is 37.7. The van der Waals surface area contributed by atoms with Crippen molar-refractivity contribution in [3.63, 3.8) is 0 Å². The quantitative estimate of drug-likeness (QED) is 0.0572. The molecule has 3 atom stereocenters. The number of hydrogen-bond donors (Lipinski definition) is 3. The van der Waals surface area contributed by atoms with Gasteiger partial charge in [-0.3, -0.25) is 4.79 Å². The molecule has 0 aliphatic rings. The fourth-order valence-corrected chi connectivity index (χ4v) is 6.93. The molecule has 0 aromatic carbocycles. The van der Waals surface area contributed by atoms with Crippen LogP contribution in [-0.2, 0) is 4.79 Å². The zero-order valence-corrected chi connectivity index (χ0v) is 32.5. The number of nitrogens with one attached hydrogen (secondary N) is 1. The Bertz CT molecular complexity index is 612. The normalized spacial score (nSPS) is 13.6. The summed E-state index contributed by atoms with van der Waals surface area (Å²) >= 11 is 0. The molecule has 1 amide bonds. The van der Waals surface area contributed by atoms with Gasteiger partial charge in [0.1, 0.15) is 0 Å². The maximum absolute atomic E-state index is 12.4. The third kappa shape index (κ3) is 35.0. The van der Waals surface area contributed by atoms with Crippen molar-refractivity contribution < 1.29 is 15.0 Å². The Morgan fingerprint density at radius 3 is 1.15 bits per heavy atom. The van der Waals surface area contributed by atoms with Gasteiger partial charge in [0.2, 0.25) is 5.91 Å². The van der Waals surface area contributed by atoms with Crippen LogP contribution in [0.5, 0.6) is 0 Å². The second-order valence-corrected chi connectivity index (χ2v) is 15.4. The SMILES string of the molecule is CCCCCCCCCCCCCCCCCCCCCCCCCC(=O)N[C@@H](CO)[C@H](O)CCCCCCCCCCC(C)CC. The van der Waals surface area contributed by atoms with E-state index in [0.717, 1.165) is 31.6 Å². The highest BCUT2D eigenvalue weighted by Gasteiger charge is 2.20. The third-order valence-corrected chi connectivity index (χ3v) is 10.7. The van der Waals surface area contributed by atoms with Crippen molar-refractivity contribution in [2.24, 2.45) is 5.92 Å². The average Bonchev–Trinajstić information content (AvgIpc) is 3.08. The van der Waals surface area contributed by atoms with Gasteiger partial charge in [-0.15, -0.1) is 0 Å². The lowest BCUT2D eigenvalue weighted by Crippen LogP contribution is -2.45. The van der Waals surface area contributed by atoms with E-state index < -0.39 is 12.1 Å². The van der Waals surface area contributed by atoms with Crippen LogP contribution >= 0.6 is 0 Å². The zero-order valence-electron chi connectivity index (χ0n) is 32.5. The van der Waals surface area contributed by atoms with E-state index >= 15 is 0 Å². The monoisotopic (exact) mass is 666 g/mol. The van der Waals surface area contributed by atoms with Crippen molar-refractivity contribution in [2.75, 3.05) is 6.61 Å². The molecule has 0 bridgehead atoms. The van der Waals surface area contributed by atoms with Gasteiger partial charge in [0.15, 0.2) is 0 Å². The molecule has 282 valence electrons. The van der Waals surface area contributed by atoms with E-state index in [0.29, 0.717) is 12.8 Å². The second kappa shape index (κ2) is 38.2. The first-order chi connectivity index (χ1) is 23.0. The maximum Gasteiger partial charge on any atom is 0.220 e. The number of hydrogen-bond acceptors (Lipinski definition) is 3. The number of carbonyl (C=O) groups excluding carboxylic acids is 1. The van der Waals surface area contributed by atoms with E-state index in [-0.39, 0.29) is 12.5 Å². The zero-order chi connectivity index (χ0) is 34.5. The van der Waals surface area contributed by atoms with Gasteiger partial charge in [-0.1, -0.05) is 226 Å². The molecular weight excluding hydrogens is 578 g/mol. The minimum Gasteiger partial charge on any atom is -0.394 e. The molecule has 0 saturated carbocycles. The number of rotatable bonds is 39. The first-order valence-corrected chi connectivity index (χ1v) is 21.6. The number of amides is 1. The summed E-state index contributed by atoms with van der Waals surface area (Å²) in [6.07, 6.45) is 44.6. The summed E-state index contributed by atoms with van der Waals surface area (Å²) in [4.78, 5) is 12.4. The number of carbonyl (C=O) groups is 1. The minimum atomic E-state index is -0.654.